The van der Waals surface area contributed by atoms with Crippen LogP contribution in [-0.4, -0.2) is 24.2 Å². The van der Waals surface area contributed by atoms with Gasteiger partial charge in [-0.2, -0.15) is 5.26 Å². The summed E-state index contributed by atoms with van der Waals surface area (Å²) < 4.78 is 0. The molecule has 4 heteroatoms. The summed E-state index contributed by atoms with van der Waals surface area (Å²) in [5.74, 6) is -0.849. The molecule has 0 aromatic heterocycles. The first-order valence-corrected chi connectivity index (χ1v) is 5.39. The van der Waals surface area contributed by atoms with Crippen molar-refractivity contribution in [3.8, 4) is 6.07 Å². The fourth-order valence-electron chi connectivity index (χ4n) is 1.93. The Labute approximate surface area is 99.4 Å². The van der Waals surface area contributed by atoms with Gasteiger partial charge in [-0.05, 0) is 18.6 Å². The summed E-state index contributed by atoms with van der Waals surface area (Å²) in [5, 5.41) is 17.9. The number of carboxylic acids is 1. The van der Waals surface area contributed by atoms with Crippen LogP contribution in [0, 0.1) is 11.3 Å². The van der Waals surface area contributed by atoms with Gasteiger partial charge in [-0.1, -0.05) is 18.2 Å². The smallest absolute Gasteiger partial charge is 0.331 e. The van der Waals surface area contributed by atoms with E-state index in [4.69, 9.17) is 10.4 Å². The molecule has 0 saturated carbocycles. The fourth-order valence-corrected chi connectivity index (χ4v) is 1.93. The van der Waals surface area contributed by atoms with E-state index in [-0.39, 0.29) is 0 Å². The fraction of sp³-hybridized carbons (Fsp3) is 0.231. The van der Waals surface area contributed by atoms with E-state index < -0.39 is 5.97 Å². The second-order valence-corrected chi connectivity index (χ2v) is 3.86. The summed E-state index contributed by atoms with van der Waals surface area (Å²) in [6, 6.07) is 9.51. The molecule has 86 valence electrons. The molecule has 1 aliphatic heterocycles. The number of anilines is 1. The molecule has 1 heterocycles. The molecule has 0 unspecified atom stereocenters. The van der Waals surface area contributed by atoms with E-state index in [2.05, 4.69) is 6.07 Å². The van der Waals surface area contributed by atoms with Crippen molar-refractivity contribution in [2.75, 3.05) is 18.0 Å². The molecule has 17 heavy (non-hydrogen) atoms. The van der Waals surface area contributed by atoms with E-state index in [1.165, 1.54) is 0 Å². The molecule has 0 saturated heterocycles. The van der Waals surface area contributed by atoms with Crippen LogP contribution >= 0.6 is 0 Å². The first kappa shape index (κ1) is 11.2. The first-order valence-electron chi connectivity index (χ1n) is 5.39. The molecule has 0 radical (unpaired) electrons. The Kier molecular flexibility index (Phi) is 3.10. The van der Waals surface area contributed by atoms with Gasteiger partial charge >= 0.3 is 5.97 Å². The molecule has 1 aromatic rings. The van der Waals surface area contributed by atoms with Gasteiger partial charge in [0.2, 0.25) is 0 Å². The van der Waals surface area contributed by atoms with E-state index in [9.17, 15) is 4.79 Å². The van der Waals surface area contributed by atoms with Crippen LogP contribution in [0.3, 0.4) is 0 Å². The van der Waals surface area contributed by atoms with Gasteiger partial charge in [0.05, 0.1) is 11.3 Å². The van der Waals surface area contributed by atoms with Gasteiger partial charge in [0, 0.05) is 18.7 Å². The van der Waals surface area contributed by atoms with Gasteiger partial charge in [0.25, 0.3) is 0 Å². The van der Waals surface area contributed by atoms with Crippen molar-refractivity contribution >= 4 is 11.7 Å². The number of para-hydroxylation sites is 1. The van der Waals surface area contributed by atoms with Gasteiger partial charge < -0.3 is 10.0 Å². The first-order chi connectivity index (χ1) is 8.22. The van der Waals surface area contributed by atoms with Gasteiger partial charge in [-0.3, -0.25) is 0 Å². The molecule has 2 rings (SSSR count). The van der Waals surface area contributed by atoms with Gasteiger partial charge in [0.15, 0.2) is 0 Å². The zero-order valence-corrected chi connectivity index (χ0v) is 9.26. The van der Waals surface area contributed by atoms with Crippen molar-refractivity contribution in [3.63, 3.8) is 0 Å². The molecule has 0 amide bonds. The largest absolute Gasteiger partial charge is 0.478 e. The molecule has 1 aromatic carbocycles. The second kappa shape index (κ2) is 4.71. The van der Waals surface area contributed by atoms with Crippen LogP contribution in [0.4, 0.5) is 5.69 Å². The van der Waals surface area contributed by atoms with Crippen molar-refractivity contribution in [2.45, 2.75) is 6.42 Å². The molecular weight excluding hydrogens is 216 g/mol. The highest BCUT2D eigenvalue weighted by Gasteiger charge is 2.17. The Balaban J connectivity index is 2.22. The molecule has 0 fully saturated rings. The van der Waals surface area contributed by atoms with E-state index in [1.54, 1.807) is 12.1 Å². The maximum Gasteiger partial charge on any atom is 0.331 e. The lowest BCUT2D eigenvalue weighted by atomic mass is 10.1. The molecule has 1 aliphatic rings. The van der Waals surface area contributed by atoms with Gasteiger partial charge in [0.1, 0.15) is 6.07 Å². The monoisotopic (exact) mass is 228 g/mol. The van der Waals surface area contributed by atoms with E-state index >= 15 is 0 Å². The summed E-state index contributed by atoms with van der Waals surface area (Å²) in [6.45, 7) is 1.18. The lowest BCUT2D eigenvalue weighted by molar-refractivity contribution is -0.132. The second-order valence-electron chi connectivity index (χ2n) is 3.86. The minimum Gasteiger partial charge on any atom is -0.478 e. The van der Waals surface area contributed by atoms with Crippen molar-refractivity contribution in [1.82, 2.24) is 0 Å². The number of carboxylic acid groups (broad SMARTS) is 1. The molecule has 0 spiro atoms. The number of aliphatic carboxylic acids is 1. The summed E-state index contributed by atoms with van der Waals surface area (Å²) in [6.07, 6.45) is 2.22. The Bertz CT molecular complexity index is 514. The third kappa shape index (κ3) is 2.28. The van der Waals surface area contributed by atoms with Crippen LogP contribution in [-0.2, 0) is 4.79 Å². The van der Waals surface area contributed by atoms with Crippen LogP contribution in [0.2, 0.25) is 0 Å². The van der Waals surface area contributed by atoms with Gasteiger partial charge in [-0.15, -0.1) is 0 Å². The minimum absolute atomic E-state index is 0.454. The predicted molar refractivity (Wildman–Crippen MR) is 63.7 cm³/mol. The maximum atomic E-state index is 10.8. The Morgan fingerprint density at radius 2 is 2.18 bits per heavy atom. The van der Waals surface area contributed by atoms with Gasteiger partial charge in [-0.25, -0.2) is 4.79 Å². The van der Waals surface area contributed by atoms with E-state index in [0.29, 0.717) is 30.6 Å². The maximum absolute atomic E-state index is 10.8. The predicted octanol–water partition coefficient (Wildman–Crippen LogP) is 1.78. The number of carbonyl (C=O) groups is 1. The molecule has 1 N–H and O–H groups in total. The number of rotatable bonds is 2. The summed E-state index contributed by atoms with van der Waals surface area (Å²) in [4.78, 5) is 12.8. The zero-order valence-electron chi connectivity index (χ0n) is 9.26. The highest BCUT2D eigenvalue weighted by molar-refractivity contribution is 5.87. The normalized spacial score (nSPS) is 15.0. The van der Waals surface area contributed by atoms with Crippen LogP contribution in [0.5, 0.6) is 0 Å². The summed E-state index contributed by atoms with van der Waals surface area (Å²) in [5.41, 5.74) is 1.95. The molecule has 0 aliphatic carbocycles. The molecular formula is C13H12N2O2. The quantitative estimate of drug-likeness (QED) is 0.838. The molecule has 4 nitrogen and oxygen atoms in total. The number of nitrogens with zero attached hydrogens (tertiary/aromatic N) is 2. The van der Waals surface area contributed by atoms with Crippen LogP contribution in [0.1, 0.15) is 12.0 Å². The van der Waals surface area contributed by atoms with Crippen molar-refractivity contribution in [3.05, 3.63) is 41.5 Å². The SMILES string of the molecule is N#Cc1ccccc1N1CC=C(C(=O)O)CC1. The topological polar surface area (TPSA) is 64.3 Å². The van der Waals surface area contributed by atoms with Crippen LogP contribution < -0.4 is 4.90 Å². The Morgan fingerprint density at radius 1 is 1.41 bits per heavy atom. The van der Waals surface area contributed by atoms with E-state index in [1.807, 2.05) is 23.1 Å². The summed E-state index contributed by atoms with van der Waals surface area (Å²) >= 11 is 0. The standard InChI is InChI=1S/C13H12N2O2/c14-9-11-3-1-2-4-12(11)15-7-5-10(6-8-15)13(16)17/h1-5H,6-8H2,(H,16,17). The third-order valence-electron chi connectivity index (χ3n) is 2.85. The highest BCUT2D eigenvalue weighted by Crippen LogP contribution is 2.23. The number of hydrogen-bond acceptors (Lipinski definition) is 3. The van der Waals surface area contributed by atoms with E-state index in [0.717, 1.165) is 5.69 Å². The Hall–Kier alpha value is -2.28. The van der Waals surface area contributed by atoms with Crippen LogP contribution in [0.25, 0.3) is 0 Å². The Morgan fingerprint density at radius 3 is 2.76 bits per heavy atom. The number of benzene rings is 1. The van der Waals surface area contributed by atoms with Crippen molar-refractivity contribution < 1.29 is 9.90 Å². The average Bonchev–Trinajstić information content (AvgIpc) is 2.39. The zero-order chi connectivity index (χ0) is 12.3. The van der Waals surface area contributed by atoms with Crippen molar-refractivity contribution in [1.29, 1.82) is 5.26 Å². The third-order valence-corrected chi connectivity index (χ3v) is 2.85. The number of hydrogen-bond donors (Lipinski definition) is 1. The lowest BCUT2D eigenvalue weighted by Gasteiger charge is -2.28. The summed E-state index contributed by atoms with van der Waals surface area (Å²) in [7, 11) is 0. The molecule has 0 bridgehead atoms. The molecule has 0 atom stereocenters. The van der Waals surface area contributed by atoms with Crippen LogP contribution in [0.15, 0.2) is 35.9 Å². The minimum atomic E-state index is -0.849. The number of nitriles is 1. The lowest BCUT2D eigenvalue weighted by Crippen LogP contribution is -2.30. The van der Waals surface area contributed by atoms with Crippen molar-refractivity contribution in [2.24, 2.45) is 0 Å². The average molecular weight is 228 g/mol. The highest BCUT2D eigenvalue weighted by atomic mass is 16.4.